The molecule has 2 heterocycles. The summed E-state index contributed by atoms with van der Waals surface area (Å²) >= 11 is 0. The summed E-state index contributed by atoms with van der Waals surface area (Å²) in [7, 11) is 1.57. The van der Waals surface area contributed by atoms with Gasteiger partial charge >= 0.3 is 6.03 Å². The van der Waals surface area contributed by atoms with Gasteiger partial charge in [0, 0.05) is 19.2 Å². The van der Waals surface area contributed by atoms with E-state index in [0.717, 1.165) is 11.3 Å². The van der Waals surface area contributed by atoms with Gasteiger partial charge in [0.05, 0.1) is 11.9 Å². The maximum Gasteiger partial charge on any atom is 0.314 e. The molecule has 0 saturated carbocycles. The van der Waals surface area contributed by atoms with Gasteiger partial charge in [-0.1, -0.05) is 18.2 Å². The number of carbonyl (C=O) groups is 1. The van der Waals surface area contributed by atoms with E-state index in [1.165, 1.54) is 6.33 Å². The van der Waals surface area contributed by atoms with Gasteiger partial charge in [-0.25, -0.2) is 19.4 Å². The summed E-state index contributed by atoms with van der Waals surface area (Å²) < 4.78 is 7.57. The molecule has 2 aromatic heterocycles. The Morgan fingerprint density at radius 2 is 1.80 bits per heavy atom. The summed E-state index contributed by atoms with van der Waals surface area (Å²) in [6.45, 7) is 0.833. The van der Waals surface area contributed by atoms with E-state index in [0.29, 0.717) is 41.4 Å². The van der Waals surface area contributed by atoms with Crippen molar-refractivity contribution in [3.05, 3.63) is 60.9 Å². The summed E-state index contributed by atoms with van der Waals surface area (Å²) in [6.07, 6.45) is 1.41. The number of aromatic nitrogens is 4. The Balaban J connectivity index is 1.62. The Morgan fingerprint density at radius 1 is 1.07 bits per heavy atom. The first-order valence-corrected chi connectivity index (χ1v) is 9.41. The van der Waals surface area contributed by atoms with Crippen LogP contribution in [0.4, 0.5) is 10.6 Å². The Kier molecular flexibility index (Phi) is 5.42. The van der Waals surface area contributed by atoms with E-state index in [1.807, 2.05) is 54.6 Å². The monoisotopic (exact) mass is 403 g/mol. The molecule has 0 aliphatic carbocycles. The molecule has 0 radical (unpaired) electrons. The minimum Gasteiger partial charge on any atom is -0.457 e. The highest BCUT2D eigenvalue weighted by atomic mass is 16.5. The molecule has 4 N–H and O–H groups in total. The molecule has 2 amide bonds. The lowest BCUT2D eigenvalue weighted by Crippen LogP contribution is -2.34. The zero-order chi connectivity index (χ0) is 20.9. The van der Waals surface area contributed by atoms with E-state index in [2.05, 4.69) is 25.7 Å². The van der Waals surface area contributed by atoms with Crippen LogP contribution in [0.1, 0.15) is 0 Å². The van der Waals surface area contributed by atoms with Gasteiger partial charge in [0.2, 0.25) is 0 Å². The highest BCUT2D eigenvalue weighted by Gasteiger charge is 2.17. The molecule has 152 valence electrons. The van der Waals surface area contributed by atoms with E-state index in [-0.39, 0.29) is 6.03 Å². The minimum atomic E-state index is -0.255. The van der Waals surface area contributed by atoms with Crippen LogP contribution >= 0.6 is 0 Å². The average Bonchev–Trinajstić information content (AvgIpc) is 3.15. The number of fused-ring (bicyclic) bond motifs is 1. The van der Waals surface area contributed by atoms with Gasteiger partial charge < -0.3 is 21.1 Å². The number of amides is 2. The van der Waals surface area contributed by atoms with E-state index >= 15 is 0 Å². The first-order valence-electron chi connectivity index (χ1n) is 9.41. The number of nitrogen functional groups attached to an aromatic ring is 1. The number of rotatable bonds is 6. The molecule has 9 heteroatoms. The Bertz CT molecular complexity index is 1160. The SMILES string of the molecule is CNC(=O)NCCn1nc(-c2ccc(Oc3ccccc3)cc2)c2c(N)ncnc21. The lowest BCUT2D eigenvalue weighted by molar-refractivity contribution is 0.242. The topological polar surface area (TPSA) is 120 Å². The molecule has 0 aliphatic rings. The van der Waals surface area contributed by atoms with Crippen LogP contribution in [-0.2, 0) is 6.54 Å². The molecule has 0 unspecified atom stereocenters. The fourth-order valence-electron chi connectivity index (χ4n) is 3.06. The van der Waals surface area contributed by atoms with Crippen LogP contribution in [0, 0.1) is 0 Å². The van der Waals surface area contributed by atoms with Crippen LogP contribution in [0.3, 0.4) is 0 Å². The van der Waals surface area contributed by atoms with E-state index in [9.17, 15) is 4.79 Å². The number of nitrogens with zero attached hydrogens (tertiary/aromatic N) is 4. The molecular formula is C21H21N7O2. The number of nitrogens with one attached hydrogen (secondary N) is 2. The number of ether oxygens (including phenoxy) is 1. The number of anilines is 1. The maximum atomic E-state index is 11.4. The highest BCUT2D eigenvalue weighted by Crippen LogP contribution is 2.31. The second kappa shape index (κ2) is 8.48. The third kappa shape index (κ3) is 4.00. The summed E-state index contributed by atoms with van der Waals surface area (Å²) in [6, 6.07) is 16.9. The predicted octanol–water partition coefficient (Wildman–Crippen LogP) is 2.80. The fourth-order valence-corrected chi connectivity index (χ4v) is 3.06. The first-order chi connectivity index (χ1) is 14.7. The number of para-hydroxylation sites is 1. The second-order valence-electron chi connectivity index (χ2n) is 6.47. The van der Waals surface area contributed by atoms with Crippen molar-refractivity contribution in [1.82, 2.24) is 30.4 Å². The van der Waals surface area contributed by atoms with Gasteiger partial charge in [-0.15, -0.1) is 0 Å². The quantitative estimate of drug-likeness (QED) is 0.455. The smallest absolute Gasteiger partial charge is 0.314 e. The number of nitrogens with two attached hydrogens (primary N) is 1. The Morgan fingerprint density at radius 3 is 2.53 bits per heavy atom. The zero-order valence-corrected chi connectivity index (χ0v) is 16.4. The molecule has 0 fully saturated rings. The van der Waals surface area contributed by atoms with Crippen molar-refractivity contribution in [2.24, 2.45) is 0 Å². The van der Waals surface area contributed by atoms with Crippen LogP contribution in [-0.4, -0.2) is 39.4 Å². The third-order valence-corrected chi connectivity index (χ3v) is 4.50. The molecular weight excluding hydrogens is 382 g/mol. The van der Waals surface area contributed by atoms with Gasteiger partial charge in [-0.2, -0.15) is 5.10 Å². The normalized spacial score (nSPS) is 10.7. The van der Waals surface area contributed by atoms with E-state index in [4.69, 9.17) is 10.5 Å². The number of hydrogen-bond acceptors (Lipinski definition) is 6. The second-order valence-corrected chi connectivity index (χ2v) is 6.47. The van der Waals surface area contributed by atoms with Crippen molar-refractivity contribution in [3.63, 3.8) is 0 Å². The number of carbonyl (C=O) groups excluding carboxylic acids is 1. The number of hydrogen-bond donors (Lipinski definition) is 3. The van der Waals surface area contributed by atoms with Gasteiger partial charge in [-0.05, 0) is 36.4 Å². The number of urea groups is 1. The molecule has 4 rings (SSSR count). The molecule has 4 aromatic rings. The van der Waals surface area contributed by atoms with Crippen molar-refractivity contribution >= 4 is 22.9 Å². The number of benzene rings is 2. The molecule has 0 saturated heterocycles. The highest BCUT2D eigenvalue weighted by molar-refractivity contribution is 5.98. The van der Waals surface area contributed by atoms with Crippen molar-refractivity contribution in [2.45, 2.75) is 6.54 Å². The minimum absolute atomic E-state index is 0.255. The summed E-state index contributed by atoms with van der Waals surface area (Å²) in [4.78, 5) is 19.8. The van der Waals surface area contributed by atoms with Crippen LogP contribution in [0.5, 0.6) is 11.5 Å². The van der Waals surface area contributed by atoms with Crippen molar-refractivity contribution in [3.8, 4) is 22.8 Å². The van der Waals surface area contributed by atoms with Gasteiger partial charge in [0.15, 0.2) is 5.65 Å². The Labute approximate surface area is 172 Å². The molecule has 2 aromatic carbocycles. The van der Waals surface area contributed by atoms with E-state index < -0.39 is 0 Å². The zero-order valence-electron chi connectivity index (χ0n) is 16.4. The average molecular weight is 403 g/mol. The lowest BCUT2D eigenvalue weighted by atomic mass is 10.1. The van der Waals surface area contributed by atoms with Crippen LogP contribution in [0.2, 0.25) is 0 Å². The van der Waals surface area contributed by atoms with Crippen molar-refractivity contribution in [2.75, 3.05) is 19.3 Å². The van der Waals surface area contributed by atoms with Crippen molar-refractivity contribution in [1.29, 1.82) is 0 Å². The fraction of sp³-hybridized carbons (Fsp3) is 0.143. The van der Waals surface area contributed by atoms with Gasteiger partial charge in [-0.3, -0.25) is 0 Å². The molecule has 0 aliphatic heterocycles. The largest absolute Gasteiger partial charge is 0.457 e. The summed E-state index contributed by atoms with van der Waals surface area (Å²) in [5.74, 6) is 1.83. The van der Waals surface area contributed by atoms with Gasteiger partial charge in [0.25, 0.3) is 0 Å². The standard InChI is InChI=1S/C21H21N7O2/c1-23-21(29)24-11-12-28-20-17(19(22)25-13-26-20)18(27-28)14-7-9-16(10-8-14)30-15-5-3-2-4-6-15/h2-10,13H,11-12H2,1H3,(H2,22,25,26)(H2,23,24,29). The predicted molar refractivity (Wildman–Crippen MR) is 114 cm³/mol. The third-order valence-electron chi connectivity index (χ3n) is 4.50. The molecule has 0 bridgehead atoms. The maximum absolute atomic E-state index is 11.4. The molecule has 30 heavy (non-hydrogen) atoms. The Hall–Kier alpha value is -4.14. The summed E-state index contributed by atoms with van der Waals surface area (Å²) in [5.41, 5.74) is 8.28. The molecule has 0 spiro atoms. The molecule has 9 nitrogen and oxygen atoms in total. The lowest BCUT2D eigenvalue weighted by Gasteiger charge is -2.06. The van der Waals surface area contributed by atoms with Gasteiger partial charge in [0.1, 0.15) is 29.3 Å². The van der Waals surface area contributed by atoms with Crippen molar-refractivity contribution < 1.29 is 9.53 Å². The van der Waals surface area contributed by atoms with E-state index in [1.54, 1.807) is 11.7 Å². The van der Waals surface area contributed by atoms with Crippen LogP contribution < -0.4 is 21.1 Å². The first kappa shape index (κ1) is 19.2. The molecule has 0 atom stereocenters. The van der Waals surface area contributed by atoms with Crippen LogP contribution in [0.15, 0.2) is 60.9 Å². The van der Waals surface area contributed by atoms with Crippen LogP contribution in [0.25, 0.3) is 22.3 Å². The summed E-state index contributed by atoms with van der Waals surface area (Å²) in [5, 5.41) is 10.6.